The van der Waals surface area contributed by atoms with Crippen LogP contribution in [0, 0.1) is 11.8 Å². The van der Waals surface area contributed by atoms with Gasteiger partial charge in [-0.05, 0) is 57.7 Å². The Bertz CT molecular complexity index is 929. The first-order valence-corrected chi connectivity index (χ1v) is 14.8. The number of nitrogens with zero attached hydrogens (tertiary/aromatic N) is 2. The predicted octanol–water partition coefficient (Wildman–Crippen LogP) is 4.87. The molecule has 0 bridgehead atoms. The molecule has 1 aromatic carbocycles. The highest BCUT2D eigenvalue weighted by atomic mass is 16.5. The summed E-state index contributed by atoms with van der Waals surface area (Å²) >= 11 is 0. The number of hydrogen-bond acceptors (Lipinski definition) is 5. The van der Waals surface area contributed by atoms with Gasteiger partial charge in [0.1, 0.15) is 6.10 Å². The van der Waals surface area contributed by atoms with E-state index < -0.39 is 0 Å². The van der Waals surface area contributed by atoms with Gasteiger partial charge in [0, 0.05) is 31.6 Å². The van der Waals surface area contributed by atoms with E-state index in [1.807, 2.05) is 6.92 Å². The number of nitrogens with one attached hydrogen (secondary N) is 2. The fourth-order valence-corrected chi connectivity index (χ4v) is 6.34. The number of rotatable bonds is 8. The quantitative estimate of drug-likeness (QED) is 0.447. The Morgan fingerprint density at radius 3 is 2.47 bits per heavy atom. The van der Waals surface area contributed by atoms with Crippen molar-refractivity contribution < 1.29 is 19.4 Å². The summed E-state index contributed by atoms with van der Waals surface area (Å²) < 4.78 is 6.67. The number of para-hydroxylation sites is 1. The number of aliphatic hydroxyl groups excluding tert-OH is 1. The zero-order valence-corrected chi connectivity index (χ0v) is 23.6. The Labute approximate surface area is 228 Å². The van der Waals surface area contributed by atoms with Gasteiger partial charge in [-0.2, -0.15) is 0 Å². The maximum absolute atomic E-state index is 13.7. The molecule has 0 aromatic heterocycles. The summed E-state index contributed by atoms with van der Waals surface area (Å²) in [5.41, 5.74) is 0.933. The van der Waals surface area contributed by atoms with E-state index in [4.69, 9.17) is 4.74 Å². The minimum atomic E-state index is -0.317. The van der Waals surface area contributed by atoms with Gasteiger partial charge in [0.05, 0.1) is 23.9 Å². The largest absolute Gasteiger partial charge is 0.486 e. The molecule has 8 nitrogen and oxygen atoms in total. The molecule has 4 rings (SSSR count). The maximum atomic E-state index is 13.7. The SMILES string of the molecule is C[C@H](CO)N1C[C@H](C)[C@H](CN(C)CC2CCCCC2)Oc2c(NC(=O)NC3CCCCC3)cccc2C1=O. The number of aliphatic hydroxyl groups is 1. The smallest absolute Gasteiger partial charge is 0.319 e. The van der Waals surface area contributed by atoms with E-state index in [0.29, 0.717) is 23.5 Å². The van der Waals surface area contributed by atoms with Gasteiger partial charge in [-0.15, -0.1) is 0 Å². The van der Waals surface area contributed by atoms with Crippen molar-refractivity contribution >= 4 is 17.6 Å². The first kappa shape index (κ1) is 28.7. The summed E-state index contributed by atoms with van der Waals surface area (Å²) in [6.45, 7) is 6.15. The molecule has 3 amide bonds. The van der Waals surface area contributed by atoms with Gasteiger partial charge in [0.2, 0.25) is 0 Å². The minimum Gasteiger partial charge on any atom is -0.486 e. The molecule has 0 radical (unpaired) electrons. The first-order chi connectivity index (χ1) is 18.4. The lowest BCUT2D eigenvalue weighted by atomic mass is 9.89. The molecule has 212 valence electrons. The normalized spacial score (nSPS) is 24.2. The van der Waals surface area contributed by atoms with Gasteiger partial charge in [0.25, 0.3) is 5.91 Å². The van der Waals surface area contributed by atoms with Crippen molar-refractivity contribution in [2.45, 2.75) is 96.2 Å². The average Bonchev–Trinajstić information content (AvgIpc) is 2.91. The van der Waals surface area contributed by atoms with Gasteiger partial charge in [-0.25, -0.2) is 4.79 Å². The second kappa shape index (κ2) is 13.7. The van der Waals surface area contributed by atoms with Crippen LogP contribution in [0.3, 0.4) is 0 Å². The van der Waals surface area contributed by atoms with E-state index in [1.54, 1.807) is 23.1 Å². The minimum absolute atomic E-state index is 0.0408. The molecule has 0 unspecified atom stereocenters. The van der Waals surface area contributed by atoms with E-state index in [1.165, 1.54) is 38.5 Å². The van der Waals surface area contributed by atoms with Gasteiger partial charge >= 0.3 is 6.03 Å². The number of amides is 3. The van der Waals surface area contributed by atoms with Crippen LogP contribution in [0.15, 0.2) is 18.2 Å². The number of ether oxygens (including phenoxy) is 1. The van der Waals surface area contributed by atoms with Crippen molar-refractivity contribution in [1.82, 2.24) is 15.1 Å². The molecule has 1 heterocycles. The lowest BCUT2D eigenvalue weighted by Gasteiger charge is -2.39. The number of urea groups is 1. The van der Waals surface area contributed by atoms with Crippen LogP contribution in [0.4, 0.5) is 10.5 Å². The van der Waals surface area contributed by atoms with Crippen LogP contribution >= 0.6 is 0 Å². The van der Waals surface area contributed by atoms with Crippen LogP contribution in [-0.2, 0) is 0 Å². The van der Waals surface area contributed by atoms with E-state index in [2.05, 4.69) is 29.5 Å². The number of benzene rings is 1. The molecule has 3 atom stereocenters. The summed E-state index contributed by atoms with van der Waals surface area (Å²) in [6.07, 6.45) is 11.9. The molecule has 2 fully saturated rings. The summed E-state index contributed by atoms with van der Waals surface area (Å²) in [6, 6.07) is 4.96. The van der Waals surface area contributed by atoms with Crippen LogP contribution in [0.5, 0.6) is 5.75 Å². The zero-order valence-electron chi connectivity index (χ0n) is 23.6. The standard InChI is InChI=1S/C30H48N4O4/c1-21-17-34(22(2)20-35)29(36)25-15-10-16-26(32-30(37)31-24-13-8-5-9-14-24)28(25)38-27(21)19-33(3)18-23-11-6-4-7-12-23/h10,15-16,21-24,27,35H,4-9,11-14,17-20H2,1-3H3,(H2,31,32,37)/t21-,22+,27-/m0/s1. The van der Waals surface area contributed by atoms with Crippen molar-refractivity contribution in [3.05, 3.63) is 23.8 Å². The third-order valence-corrected chi connectivity index (χ3v) is 8.67. The molecule has 2 aliphatic carbocycles. The molecule has 8 heteroatoms. The molecule has 1 aliphatic heterocycles. The predicted molar refractivity (Wildman–Crippen MR) is 151 cm³/mol. The molecule has 1 aromatic rings. The Morgan fingerprint density at radius 2 is 1.79 bits per heavy atom. The lowest BCUT2D eigenvalue weighted by molar-refractivity contribution is 0.0333. The van der Waals surface area contributed by atoms with Crippen LogP contribution < -0.4 is 15.4 Å². The molecule has 0 spiro atoms. The number of hydrogen-bond donors (Lipinski definition) is 3. The molecule has 3 N–H and O–H groups in total. The van der Waals surface area contributed by atoms with Crippen molar-refractivity contribution in [1.29, 1.82) is 0 Å². The second-order valence-electron chi connectivity index (χ2n) is 12.0. The molecule has 2 saturated carbocycles. The van der Waals surface area contributed by atoms with Crippen LogP contribution in [0.1, 0.15) is 88.4 Å². The van der Waals surface area contributed by atoms with Crippen LogP contribution in [0.25, 0.3) is 0 Å². The van der Waals surface area contributed by atoms with Crippen molar-refractivity contribution in [3.8, 4) is 5.75 Å². The average molecular weight is 529 g/mol. The van der Waals surface area contributed by atoms with E-state index in [-0.39, 0.29) is 42.7 Å². The Hall–Kier alpha value is -2.32. The molecule has 38 heavy (non-hydrogen) atoms. The Balaban J connectivity index is 1.57. The maximum Gasteiger partial charge on any atom is 0.319 e. The number of likely N-dealkylation sites (N-methyl/N-ethyl adjacent to an activating group) is 1. The number of fused-ring (bicyclic) bond motifs is 1. The monoisotopic (exact) mass is 528 g/mol. The van der Waals surface area contributed by atoms with Gasteiger partial charge < -0.3 is 30.3 Å². The highest BCUT2D eigenvalue weighted by Gasteiger charge is 2.35. The second-order valence-corrected chi connectivity index (χ2v) is 12.0. The molecular formula is C30H48N4O4. The third kappa shape index (κ3) is 7.41. The van der Waals surface area contributed by atoms with E-state index in [9.17, 15) is 14.7 Å². The van der Waals surface area contributed by atoms with Crippen molar-refractivity contribution in [2.24, 2.45) is 11.8 Å². The number of carbonyl (C=O) groups excluding carboxylic acids is 2. The summed E-state index contributed by atoms with van der Waals surface area (Å²) in [5.74, 6) is 1.00. The topological polar surface area (TPSA) is 94.1 Å². The Kier molecular flexibility index (Phi) is 10.3. The fourth-order valence-electron chi connectivity index (χ4n) is 6.34. The third-order valence-electron chi connectivity index (χ3n) is 8.67. The van der Waals surface area contributed by atoms with Crippen LogP contribution in [0.2, 0.25) is 0 Å². The van der Waals surface area contributed by atoms with Crippen molar-refractivity contribution in [3.63, 3.8) is 0 Å². The molecule has 0 saturated heterocycles. The van der Waals surface area contributed by atoms with Gasteiger partial charge in [0.15, 0.2) is 5.75 Å². The van der Waals surface area contributed by atoms with Gasteiger partial charge in [-0.3, -0.25) is 4.79 Å². The summed E-state index contributed by atoms with van der Waals surface area (Å²) in [7, 11) is 2.16. The number of anilines is 1. The van der Waals surface area contributed by atoms with Gasteiger partial charge in [-0.1, -0.05) is 51.5 Å². The summed E-state index contributed by atoms with van der Waals surface area (Å²) in [4.78, 5) is 30.8. The number of carbonyl (C=O) groups is 2. The fraction of sp³-hybridized carbons (Fsp3) is 0.733. The molecule has 3 aliphatic rings. The molecular weight excluding hydrogens is 480 g/mol. The first-order valence-electron chi connectivity index (χ1n) is 14.8. The lowest BCUT2D eigenvalue weighted by Crippen LogP contribution is -2.50. The van der Waals surface area contributed by atoms with E-state index in [0.717, 1.165) is 44.7 Å². The highest BCUT2D eigenvalue weighted by molar-refractivity contribution is 6.01. The highest BCUT2D eigenvalue weighted by Crippen LogP contribution is 2.35. The zero-order chi connectivity index (χ0) is 27.1. The van der Waals surface area contributed by atoms with E-state index >= 15 is 0 Å². The van der Waals surface area contributed by atoms with Crippen LogP contribution in [-0.4, -0.2) is 78.3 Å². The summed E-state index contributed by atoms with van der Waals surface area (Å²) in [5, 5.41) is 16.0. The van der Waals surface area contributed by atoms with Crippen molar-refractivity contribution in [2.75, 3.05) is 38.6 Å². The Morgan fingerprint density at radius 1 is 1.11 bits per heavy atom.